The molecule has 0 aliphatic carbocycles. The predicted octanol–water partition coefficient (Wildman–Crippen LogP) is 1.59. The van der Waals surface area contributed by atoms with Gasteiger partial charge in [-0.1, -0.05) is 22.0 Å². The van der Waals surface area contributed by atoms with E-state index in [1.165, 1.54) is 7.11 Å². The average Bonchev–Trinajstić information content (AvgIpc) is 2.45. The van der Waals surface area contributed by atoms with Crippen molar-refractivity contribution in [3.8, 4) is 0 Å². The number of thiol groups is 1. The zero-order chi connectivity index (χ0) is 15.2. The number of halogens is 1. The lowest BCUT2D eigenvalue weighted by Crippen LogP contribution is -2.46. The van der Waals surface area contributed by atoms with Crippen LogP contribution in [0.15, 0.2) is 22.7 Å². The van der Waals surface area contributed by atoms with Crippen molar-refractivity contribution in [2.24, 2.45) is 0 Å². The van der Waals surface area contributed by atoms with Crippen molar-refractivity contribution >= 4 is 34.5 Å². The number of aliphatic hydroxyl groups excluding tert-OH is 1. The highest BCUT2D eigenvalue weighted by Gasteiger charge is 2.24. The monoisotopic (exact) mass is 363 g/mol. The lowest BCUT2D eigenvalue weighted by Gasteiger charge is -2.27. The smallest absolute Gasteiger partial charge is 0.337 e. The maximum Gasteiger partial charge on any atom is 0.337 e. The zero-order valence-corrected chi connectivity index (χ0v) is 13.8. The van der Waals surface area contributed by atoms with E-state index in [-0.39, 0.29) is 19.2 Å². The van der Waals surface area contributed by atoms with Crippen molar-refractivity contribution in [2.45, 2.75) is 11.4 Å². The van der Waals surface area contributed by atoms with Gasteiger partial charge in [-0.15, -0.1) is 0 Å². The average molecular weight is 364 g/mol. The number of carbonyl (C=O) groups excluding carboxylic acids is 1. The Morgan fingerprint density at radius 3 is 2.70 bits per heavy atom. The van der Waals surface area contributed by atoms with E-state index in [1.807, 2.05) is 6.07 Å². The maximum absolute atomic E-state index is 11.4. The van der Waals surface area contributed by atoms with Crippen molar-refractivity contribution in [1.29, 1.82) is 0 Å². The largest absolute Gasteiger partial charge is 0.465 e. The molecule has 1 aromatic carbocycles. The molecular weight excluding hydrogens is 346 g/mol. The van der Waals surface area contributed by atoms with Crippen LogP contribution in [0.4, 0.5) is 0 Å². The van der Waals surface area contributed by atoms with Gasteiger partial charge in [0.2, 0.25) is 0 Å². The third kappa shape index (κ3) is 4.75. The number of rotatable bonds is 7. The first-order valence-corrected chi connectivity index (χ1v) is 7.13. The number of carbonyl (C=O) groups is 1. The summed E-state index contributed by atoms with van der Waals surface area (Å²) in [5.41, 5.74) is 1.40. The van der Waals surface area contributed by atoms with E-state index >= 15 is 0 Å². The van der Waals surface area contributed by atoms with Gasteiger partial charge in [0.05, 0.1) is 25.9 Å². The molecule has 5 nitrogen and oxygen atoms in total. The molecule has 0 amide bonds. The summed E-state index contributed by atoms with van der Waals surface area (Å²) in [5.74, 6) is -0.386. The fourth-order valence-electron chi connectivity index (χ4n) is 1.59. The van der Waals surface area contributed by atoms with E-state index in [2.05, 4.69) is 38.6 Å². The minimum atomic E-state index is -0.810. The molecule has 0 aliphatic heterocycles. The second-order valence-corrected chi connectivity index (χ2v) is 5.98. The van der Waals surface area contributed by atoms with Crippen LogP contribution >= 0.6 is 28.6 Å². The standard InChI is InChI=1S/C13H18BrNO4S/c1-18-8-13(20,7-16)15-6-10-4-3-9(5-11(10)14)12(17)19-2/h3-5,15-16,20H,6-8H2,1-2H3/t13-/m0/s1. The molecule has 0 bridgehead atoms. The Morgan fingerprint density at radius 1 is 1.50 bits per heavy atom. The van der Waals surface area contributed by atoms with Gasteiger partial charge >= 0.3 is 5.97 Å². The second kappa shape index (κ2) is 7.99. The van der Waals surface area contributed by atoms with Gasteiger partial charge < -0.3 is 14.6 Å². The fourth-order valence-corrected chi connectivity index (χ4v) is 2.31. The van der Waals surface area contributed by atoms with E-state index in [4.69, 9.17) is 4.74 Å². The number of esters is 1. The molecule has 1 atom stereocenters. The molecule has 0 spiro atoms. The number of ether oxygens (including phenoxy) is 2. The van der Waals surface area contributed by atoms with Crippen LogP contribution in [-0.4, -0.2) is 43.4 Å². The second-order valence-electron chi connectivity index (χ2n) is 4.27. The van der Waals surface area contributed by atoms with Gasteiger partial charge in [0.1, 0.15) is 4.87 Å². The maximum atomic E-state index is 11.4. The molecule has 0 aromatic heterocycles. The number of hydrogen-bond acceptors (Lipinski definition) is 6. The Morgan fingerprint density at radius 2 is 2.20 bits per heavy atom. The quantitative estimate of drug-likeness (QED) is 0.390. The summed E-state index contributed by atoms with van der Waals surface area (Å²) in [4.78, 5) is 10.6. The molecule has 0 radical (unpaired) electrons. The van der Waals surface area contributed by atoms with Crippen LogP contribution in [0.3, 0.4) is 0 Å². The number of benzene rings is 1. The topological polar surface area (TPSA) is 67.8 Å². The van der Waals surface area contributed by atoms with Crippen LogP contribution in [0.5, 0.6) is 0 Å². The number of hydrogen-bond donors (Lipinski definition) is 3. The van der Waals surface area contributed by atoms with Gasteiger partial charge in [-0.3, -0.25) is 5.32 Å². The van der Waals surface area contributed by atoms with Gasteiger partial charge in [-0.25, -0.2) is 4.79 Å². The van der Waals surface area contributed by atoms with E-state index in [0.29, 0.717) is 12.1 Å². The normalized spacial score (nSPS) is 13.8. The molecule has 2 N–H and O–H groups in total. The molecule has 0 saturated heterocycles. The van der Waals surface area contributed by atoms with Gasteiger partial charge in [-0.05, 0) is 17.7 Å². The Kier molecular flexibility index (Phi) is 6.97. The van der Waals surface area contributed by atoms with E-state index in [1.54, 1.807) is 19.2 Å². The van der Waals surface area contributed by atoms with Gasteiger partial charge in [0, 0.05) is 18.1 Å². The van der Waals surface area contributed by atoms with Crippen molar-refractivity contribution in [3.63, 3.8) is 0 Å². The first-order chi connectivity index (χ1) is 9.45. The van der Waals surface area contributed by atoms with Crippen molar-refractivity contribution in [3.05, 3.63) is 33.8 Å². The Hall–Kier alpha value is -0.600. The summed E-state index contributed by atoms with van der Waals surface area (Å²) in [6.45, 7) is 0.571. The molecule has 0 heterocycles. The van der Waals surface area contributed by atoms with Gasteiger partial charge in [0.15, 0.2) is 0 Å². The predicted molar refractivity (Wildman–Crippen MR) is 83.0 cm³/mol. The number of methoxy groups -OCH3 is 2. The third-order valence-electron chi connectivity index (χ3n) is 2.73. The highest BCUT2D eigenvalue weighted by Crippen LogP contribution is 2.20. The van der Waals surface area contributed by atoms with Crippen molar-refractivity contribution in [2.75, 3.05) is 27.4 Å². The zero-order valence-electron chi connectivity index (χ0n) is 11.4. The number of aliphatic hydroxyl groups is 1. The molecule has 0 saturated carbocycles. The van der Waals surface area contributed by atoms with Crippen LogP contribution in [0.2, 0.25) is 0 Å². The molecular formula is C13H18BrNO4S. The molecule has 20 heavy (non-hydrogen) atoms. The lowest BCUT2D eigenvalue weighted by molar-refractivity contribution is 0.0600. The summed E-state index contributed by atoms with van der Waals surface area (Å²) in [5, 5.41) is 12.4. The van der Waals surface area contributed by atoms with E-state index in [9.17, 15) is 9.90 Å². The van der Waals surface area contributed by atoms with Crippen molar-refractivity contribution < 1.29 is 19.4 Å². The summed E-state index contributed by atoms with van der Waals surface area (Å²) in [6, 6.07) is 5.18. The fraction of sp³-hybridized carbons (Fsp3) is 0.462. The third-order valence-corrected chi connectivity index (χ3v) is 3.89. The lowest BCUT2D eigenvalue weighted by atomic mass is 10.1. The first kappa shape index (κ1) is 17.5. The summed E-state index contributed by atoms with van der Waals surface area (Å²) in [7, 11) is 2.89. The van der Waals surface area contributed by atoms with E-state index in [0.717, 1.165) is 10.0 Å². The molecule has 0 aliphatic rings. The van der Waals surface area contributed by atoms with Crippen LogP contribution in [0.1, 0.15) is 15.9 Å². The molecule has 1 aromatic rings. The first-order valence-electron chi connectivity index (χ1n) is 5.89. The minimum absolute atomic E-state index is 0.165. The van der Waals surface area contributed by atoms with Crippen LogP contribution in [0.25, 0.3) is 0 Å². The molecule has 7 heteroatoms. The SMILES string of the molecule is COC[C@@](S)(CO)NCc1ccc(C(=O)OC)cc1Br. The minimum Gasteiger partial charge on any atom is -0.465 e. The summed E-state index contributed by atoms with van der Waals surface area (Å²) >= 11 is 7.76. The molecule has 112 valence electrons. The summed E-state index contributed by atoms with van der Waals surface area (Å²) < 4.78 is 10.4. The summed E-state index contributed by atoms with van der Waals surface area (Å²) in [6.07, 6.45) is 0. The molecule has 1 rings (SSSR count). The Bertz CT molecular complexity index is 472. The Balaban J connectivity index is 2.76. The number of nitrogens with one attached hydrogen (secondary N) is 1. The highest BCUT2D eigenvalue weighted by molar-refractivity contribution is 9.10. The molecule has 0 fully saturated rings. The van der Waals surface area contributed by atoms with Crippen LogP contribution in [0, 0.1) is 0 Å². The van der Waals surface area contributed by atoms with Crippen LogP contribution in [-0.2, 0) is 16.0 Å². The van der Waals surface area contributed by atoms with Crippen LogP contribution < -0.4 is 5.32 Å². The van der Waals surface area contributed by atoms with Crippen molar-refractivity contribution in [1.82, 2.24) is 5.32 Å². The molecule has 0 unspecified atom stereocenters. The highest BCUT2D eigenvalue weighted by atomic mass is 79.9. The van der Waals surface area contributed by atoms with Gasteiger partial charge in [0.25, 0.3) is 0 Å². The Labute approximate surface area is 132 Å². The van der Waals surface area contributed by atoms with E-state index < -0.39 is 4.87 Å². The van der Waals surface area contributed by atoms with Gasteiger partial charge in [-0.2, -0.15) is 12.6 Å².